The van der Waals surface area contributed by atoms with E-state index in [1.165, 1.54) is 18.4 Å². The minimum Gasteiger partial charge on any atom is -0.329 e. The van der Waals surface area contributed by atoms with Crippen LogP contribution in [0.1, 0.15) is 45.0 Å². The van der Waals surface area contributed by atoms with Gasteiger partial charge in [-0.05, 0) is 37.5 Å². The van der Waals surface area contributed by atoms with Crippen LogP contribution in [-0.2, 0) is 5.41 Å². The Hall–Kier alpha value is -1.06. The summed E-state index contributed by atoms with van der Waals surface area (Å²) in [6, 6.07) is 6.57. The van der Waals surface area contributed by atoms with Gasteiger partial charge in [0.05, 0.1) is 11.0 Å². The van der Waals surface area contributed by atoms with E-state index in [1.807, 2.05) is 12.1 Å². The van der Waals surface area contributed by atoms with Crippen LogP contribution in [0.2, 0.25) is 5.02 Å². The molecule has 3 nitrogen and oxygen atoms in total. The first-order chi connectivity index (χ1) is 9.09. The molecule has 4 heteroatoms. The van der Waals surface area contributed by atoms with Crippen molar-refractivity contribution in [2.24, 2.45) is 5.73 Å². The van der Waals surface area contributed by atoms with Crippen molar-refractivity contribution in [1.29, 1.82) is 0 Å². The predicted octanol–water partition coefficient (Wildman–Crippen LogP) is 3.65. The number of rotatable bonds is 4. The number of halogens is 1. The lowest BCUT2D eigenvalue weighted by Gasteiger charge is -2.26. The topological polar surface area (TPSA) is 43.8 Å². The fraction of sp³-hybridized carbons (Fsp3) is 0.533. The highest BCUT2D eigenvalue weighted by Gasteiger charge is 2.35. The van der Waals surface area contributed by atoms with Gasteiger partial charge in [-0.15, -0.1) is 0 Å². The molecule has 0 amide bonds. The maximum absolute atomic E-state index is 6.08. The minimum absolute atomic E-state index is 0.0614. The Morgan fingerprint density at radius 2 is 2.21 bits per heavy atom. The van der Waals surface area contributed by atoms with E-state index < -0.39 is 0 Å². The van der Waals surface area contributed by atoms with Gasteiger partial charge >= 0.3 is 0 Å². The molecule has 0 saturated heterocycles. The SMILES string of the molecule is CCC(C)(CN)c1nc2cc(Cl)ccc2n1C1CC1. The van der Waals surface area contributed by atoms with E-state index in [0.29, 0.717) is 12.6 Å². The van der Waals surface area contributed by atoms with Gasteiger partial charge in [0.15, 0.2) is 0 Å². The first-order valence-electron chi connectivity index (χ1n) is 6.97. The summed E-state index contributed by atoms with van der Waals surface area (Å²) in [6.07, 6.45) is 3.48. The maximum atomic E-state index is 6.08. The molecule has 1 heterocycles. The van der Waals surface area contributed by atoms with E-state index >= 15 is 0 Å². The number of nitrogens with two attached hydrogens (primary N) is 1. The second-order valence-electron chi connectivity index (χ2n) is 5.79. The van der Waals surface area contributed by atoms with E-state index in [-0.39, 0.29) is 5.41 Å². The average molecular weight is 278 g/mol. The number of imidazole rings is 1. The van der Waals surface area contributed by atoms with Gasteiger partial charge in [0.25, 0.3) is 0 Å². The molecule has 1 atom stereocenters. The molecule has 1 unspecified atom stereocenters. The fourth-order valence-electron chi connectivity index (χ4n) is 2.59. The number of aromatic nitrogens is 2. The molecule has 1 fully saturated rings. The average Bonchev–Trinajstić information content (AvgIpc) is 3.18. The monoisotopic (exact) mass is 277 g/mol. The molecule has 102 valence electrons. The van der Waals surface area contributed by atoms with Crippen LogP contribution in [-0.4, -0.2) is 16.1 Å². The summed E-state index contributed by atoms with van der Waals surface area (Å²) in [5, 5.41) is 0.741. The van der Waals surface area contributed by atoms with Gasteiger partial charge in [-0.3, -0.25) is 0 Å². The highest BCUT2D eigenvalue weighted by molar-refractivity contribution is 6.31. The third kappa shape index (κ3) is 2.05. The molecule has 0 spiro atoms. The number of hydrogen-bond acceptors (Lipinski definition) is 2. The predicted molar refractivity (Wildman–Crippen MR) is 79.7 cm³/mol. The van der Waals surface area contributed by atoms with Gasteiger partial charge in [-0.2, -0.15) is 0 Å². The molecular weight excluding hydrogens is 258 g/mol. The standard InChI is InChI=1S/C15H20ClN3/c1-3-15(2,9-17)14-18-12-8-10(16)4-7-13(12)19(14)11-5-6-11/h4,7-8,11H,3,5-6,9,17H2,1-2H3. The van der Waals surface area contributed by atoms with Crippen molar-refractivity contribution < 1.29 is 0 Å². The third-order valence-electron chi connectivity index (χ3n) is 4.33. The van der Waals surface area contributed by atoms with E-state index in [9.17, 15) is 0 Å². The zero-order valence-electron chi connectivity index (χ0n) is 11.5. The molecule has 1 aliphatic carbocycles. The molecule has 0 bridgehead atoms. The van der Waals surface area contributed by atoms with Crippen molar-refractivity contribution in [1.82, 2.24) is 9.55 Å². The van der Waals surface area contributed by atoms with E-state index in [4.69, 9.17) is 22.3 Å². The van der Waals surface area contributed by atoms with Crippen molar-refractivity contribution in [3.8, 4) is 0 Å². The van der Waals surface area contributed by atoms with Gasteiger partial charge in [0.2, 0.25) is 0 Å². The lowest BCUT2D eigenvalue weighted by Crippen LogP contribution is -2.34. The first-order valence-corrected chi connectivity index (χ1v) is 7.35. The van der Waals surface area contributed by atoms with Crippen molar-refractivity contribution in [2.45, 2.75) is 44.6 Å². The summed E-state index contributed by atoms with van der Waals surface area (Å²) in [4.78, 5) is 4.85. The molecule has 2 aromatic rings. The summed E-state index contributed by atoms with van der Waals surface area (Å²) >= 11 is 6.08. The maximum Gasteiger partial charge on any atom is 0.117 e. The Kier molecular flexibility index (Phi) is 3.06. The van der Waals surface area contributed by atoms with Gasteiger partial charge < -0.3 is 10.3 Å². The lowest BCUT2D eigenvalue weighted by molar-refractivity contribution is 0.418. The molecule has 2 N–H and O–H groups in total. The van der Waals surface area contributed by atoms with Crippen LogP contribution in [0, 0.1) is 0 Å². The number of nitrogens with zero attached hydrogens (tertiary/aromatic N) is 2. The lowest BCUT2D eigenvalue weighted by atomic mass is 9.86. The molecule has 0 radical (unpaired) electrons. The van der Waals surface area contributed by atoms with Crippen molar-refractivity contribution in [2.75, 3.05) is 6.54 Å². The van der Waals surface area contributed by atoms with E-state index in [1.54, 1.807) is 0 Å². The summed E-state index contributed by atoms with van der Waals surface area (Å²) < 4.78 is 2.39. The van der Waals surface area contributed by atoms with Crippen LogP contribution in [0.5, 0.6) is 0 Å². The Balaban J connectivity index is 2.25. The molecule has 1 aliphatic rings. The summed E-state index contributed by atoms with van der Waals surface area (Å²) in [5.74, 6) is 1.12. The van der Waals surface area contributed by atoms with Crippen LogP contribution < -0.4 is 5.73 Å². The van der Waals surface area contributed by atoms with E-state index in [0.717, 1.165) is 22.8 Å². The number of benzene rings is 1. The summed E-state index contributed by atoms with van der Waals surface area (Å²) in [7, 11) is 0. The summed E-state index contributed by atoms with van der Waals surface area (Å²) in [5.41, 5.74) is 8.13. The quantitative estimate of drug-likeness (QED) is 0.927. The third-order valence-corrected chi connectivity index (χ3v) is 4.57. The van der Waals surface area contributed by atoms with E-state index in [2.05, 4.69) is 24.5 Å². The molecule has 1 aromatic carbocycles. The highest BCUT2D eigenvalue weighted by atomic mass is 35.5. The minimum atomic E-state index is -0.0614. The van der Waals surface area contributed by atoms with Crippen molar-refractivity contribution in [3.63, 3.8) is 0 Å². The van der Waals surface area contributed by atoms with Gasteiger partial charge in [0.1, 0.15) is 5.82 Å². The fourth-order valence-corrected chi connectivity index (χ4v) is 2.76. The number of fused-ring (bicyclic) bond motifs is 1. The molecule has 1 aromatic heterocycles. The Labute approximate surface area is 118 Å². The highest BCUT2D eigenvalue weighted by Crippen LogP contribution is 2.42. The Bertz CT molecular complexity index is 609. The second kappa shape index (κ2) is 4.50. The van der Waals surface area contributed by atoms with Crippen molar-refractivity contribution in [3.05, 3.63) is 29.0 Å². The van der Waals surface area contributed by atoms with Crippen LogP contribution in [0.4, 0.5) is 0 Å². The molecule has 3 rings (SSSR count). The zero-order chi connectivity index (χ0) is 13.6. The van der Waals surface area contributed by atoms with Gasteiger partial charge in [-0.25, -0.2) is 4.98 Å². The van der Waals surface area contributed by atoms with Crippen LogP contribution in [0.25, 0.3) is 11.0 Å². The molecular formula is C15H20ClN3. The molecule has 1 saturated carbocycles. The first kappa shape index (κ1) is 12.9. The second-order valence-corrected chi connectivity index (χ2v) is 6.22. The molecule has 19 heavy (non-hydrogen) atoms. The van der Waals surface area contributed by atoms with Gasteiger partial charge in [-0.1, -0.05) is 25.4 Å². The van der Waals surface area contributed by atoms with Crippen LogP contribution >= 0.6 is 11.6 Å². The Morgan fingerprint density at radius 1 is 1.47 bits per heavy atom. The smallest absolute Gasteiger partial charge is 0.117 e. The zero-order valence-corrected chi connectivity index (χ0v) is 12.2. The van der Waals surface area contributed by atoms with Crippen LogP contribution in [0.15, 0.2) is 18.2 Å². The number of hydrogen-bond donors (Lipinski definition) is 1. The van der Waals surface area contributed by atoms with Crippen LogP contribution in [0.3, 0.4) is 0 Å². The normalized spacial score (nSPS) is 18.7. The van der Waals surface area contributed by atoms with Crippen molar-refractivity contribution >= 4 is 22.6 Å². The Morgan fingerprint density at radius 3 is 2.79 bits per heavy atom. The summed E-state index contributed by atoms with van der Waals surface area (Å²) in [6.45, 7) is 5.00. The largest absolute Gasteiger partial charge is 0.329 e. The van der Waals surface area contributed by atoms with Gasteiger partial charge in [0, 0.05) is 23.0 Å². The molecule has 0 aliphatic heterocycles.